The first-order valence-corrected chi connectivity index (χ1v) is 8.47. The van der Waals surface area contributed by atoms with Gasteiger partial charge in [0.1, 0.15) is 12.4 Å². The third-order valence-corrected chi connectivity index (χ3v) is 4.76. The fraction of sp³-hybridized carbons (Fsp3) is 0.350. The lowest BCUT2D eigenvalue weighted by molar-refractivity contribution is 0.199. The van der Waals surface area contributed by atoms with Gasteiger partial charge in [0.2, 0.25) is 0 Å². The van der Waals surface area contributed by atoms with E-state index in [9.17, 15) is 9.18 Å². The van der Waals surface area contributed by atoms with Gasteiger partial charge in [-0.15, -0.1) is 0 Å². The number of nitrogens with one attached hydrogen (secondary N) is 1. The highest BCUT2D eigenvalue weighted by molar-refractivity contribution is 5.75. The van der Waals surface area contributed by atoms with Crippen molar-refractivity contribution < 1.29 is 18.7 Å². The predicted octanol–water partition coefficient (Wildman–Crippen LogP) is 3.73. The van der Waals surface area contributed by atoms with Gasteiger partial charge in [-0.3, -0.25) is 0 Å². The van der Waals surface area contributed by atoms with Gasteiger partial charge in [-0.2, -0.15) is 0 Å². The van der Waals surface area contributed by atoms with Crippen LogP contribution in [0.3, 0.4) is 0 Å². The summed E-state index contributed by atoms with van der Waals surface area (Å²) in [6, 6.07) is 8.28. The van der Waals surface area contributed by atoms with Crippen molar-refractivity contribution in [2.45, 2.75) is 26.4 Å². The number of nitrogens with zero attached hydrogens (tertiary/aromatic N) is 1. The Balaban J connectivity index is 1.66. The van der Waals surface area contributed by atoms with Crippen molar-refractivity contribution in [3.05, 3.63) is 58.4 Å². The van der Waals surface area contributed by atoms with Crippen LogP contribution < -0.4 is 14.8 Å². The second-order valence-electron chi connectivity index (χ2n) is 6.56. The molecule has 0 spiro atoms. The summed E-state index contributed by atoms with van der Waals surface area (Å²) < 4.78 is 24.5. The number of urea groups is 1. The molecule has 1 unspecified atom stereocenters. The number of benzene rings is 2. The van der Waals surface area contributed by atoms with E-state index in [1.165, 1.54) is 18.1 Å². The number of carbonyl (C=O) groups is 1. The van der Waals surface area contributed by atoms with Gasteiger partial charge in [-0.1, -0.05) is 18.2 Å². The van der Waals surface area contributed by atoms with Gasteiger partial charge in [0.05, 0.1) is 13.2 Å². The number of halogens is 1. The molecule has 1 N–H and O–H groups in total. The van der Waals surface area contributed by atoms with Crippen LogP contribution in [0.5, 0.6) is 11.5 Å². The zero-order valence-corrected chi connectivity index (χ0v) is 15.4. The average Bonchev–Trinajstić information content (AvgIpc) is 3.01. The molecule has 1 aliphatic rings. The first-order valence-electron chi connectivity index (χ1n) is 8.47. The number of amides is 2. The number of rotatable bonds is 4. The van der Waals surface area contributed by atoms with Crippen LogP contribution in [0.15, 0.2) is 30.3 Å². The number of methoxy groups -OCH3 is 1. The van der Waals surface area contributed by atoms with E-state index < -0.39 is 5.82 Å². The molecule has 2 aromatic rings. The predicted molar refractivity (Wildman–Crippen MR) is 97.1 cm³/mol. The zero-order chi connectivity index (χ0) is 18.8. The van der Waals surface area contributed by atoms with Gasteiger partial charge >= 0.3 is 6.03 Å². The van der Waals surface area contributed by atoms with Crippen molar-refractivity contribution in [1.29, 1.82) is 0 Å². The zero-order valence-electron chi connectivity index (χ0n) is 15.4. The van der Waals surface area contributed by atoms with Crippen LogP contribution in [0.25, 0.3) is 0 Å². The Morgan fingerprint density at radius 2 is 2.12 bits per heavy atom. The first-order chi connectivity index (χ1) is 12.4. The normalized spacial score (nSPS) is 15.2. The number of ether oxygens (including phenoxy) is 2. The van der Waals surface area contributed by atoms with Crippen LogP contribution >= 0.6 is 0 Å². The van der Waals surface area contributed by atoms with Crippen molar-refractivity contribution in [3.8, 4) is 11.5 Å². The van der Waals surface area contributed by atoms with E-state index in [1.54, 1.807) is 19.2 Å². The molecule has 1 heterocycles. The summed E-state index contributed by atoms with van der Waals surface area (Å²) in [5.41, 5.74) is 3.94. The lowest BCUT2D eigenvalue weighted by atomic mass is 10.0. The highest BCUT2D eigenvalue weighted by atomic mass is 19.1. The number of carbonyl (C=O) groups excluding carboxylic acids is 1. The van der Waals surface area contributed by atoms with E-state index >= 15 is 0 Å². The number of hydrogen-bond donors (Lipinski definition) is 1. The van der Waals surface area contributed by atoms with Gasteiger partial charge in [0, 0.05) is 19.2 Å². The molecule has 0 fully saturated rings. The summed E-state index contributed by atoms with van der Waals surface area (Å²) in [5.74, 6) is 0.601. The maximum absolute atomic E-state index is 13.8. The van der Waals surface area contributed by atoms with Gasteiger partial charge in [-0.25, -0.2) is 9.18 Å². The minimum atomic E-state index is -0.442. The Bertz CT molecular complexity index is 838. The monoisotopic (exact) mass is 358 g/mol. The highest BCUT2D eigenvalue weighted by Crippen LogP contribution is 2.36. The molecule has 3 rings (SSSR count). The molecule has 0 bridgehead atoms. The smallest absolute Gasteiger partial charge is 0.318 e. The molecule has 26 heavy (non-hydrogen) atoms. The summed E-state index contributed by atoms with van der Waals surface area (Å²) in [4.78, 5) is 14.0. The van der Waals surface area contributed by atoms with Crippen LogP contribution in [0.4, 0.5) is 9.18 Å². The van der Waals surface area contributed by atoms with E-state index in [-0.39, 0.29) is 17.8 Å². The molecule has 138 valence electrons. The minimum absolute atomic E-state index is 0.186. The quantitative estimate of drug-likeness (QED) is 0.906. The van der Waals surface area contributed by atoms with Gasteiger partial charge in [0.15, 0.2) is 11.6 Å². The molecular weight excluding hydrogens is 335 g/mol. The van der Waals surface area contributed by atoms with E-state index in [0.29, 0.717) is 18.7 Å². The molecule has 1 aliphatic heterocycles. The molecule has 2 aromatic carbocycles. The third-order valence-electron chi connectivity index (χ3n) is 4.76. The fourth-order valence-electron chi connectivity index (χ4n) is 3.07. The van der Waals surface area contributed by atoms with E-state index in [1.807, 2.05) is 26.0 Å². The summed E-state index contributed by atoms with van der Waals surface area (Å²) in [7, 11) is 3.09. The van der Waals surface area contributed by atoms with Crippen LogP contribution in [0.2, 0.25) is 0 Å². The third kappa shape index (κ3) is 3.45. The molecule has 2 amide bonds. The van der Waals surface area contributed by atoms with Crippen molar-refractivity contribution in [2.24, 2.45) is 0 Å². The standard InChI is InChI=1S/C20H23FN2O3/c1-12-5-7-15-17(11-26-19(15)13(12)2)22-20(24)23(3)10-14-6-8-18(25-4)16(21)9-14/h5-9,17H,10-11H2,1-4H3,(H,22,24). The largest absolute Gasteiger partial charge is 0.494 e. The summed E-state index contributed by atoms with van der Waals surface area (Å²) in [6.07, 6.45) is 0. The van der Waals surface area contributed by atoms with Crippen LogP contribution in [0, 0.1) is 19.7 Å². The summed E-state index contributed by atoms with van der Waals surface area (Å²) in [5, 5.41) is 2.98. The lowest BCUT2D eigenvalue weighted by Gasteiger charge is -2.21. The Labute approximate surface area is 152 Å². The molecule has 0 aliphatic carbocycles. The van der Waals surface area contributed by atoms with E-state index in [0.717, 1.165) is 22.4 Å². The summed E-state index contributed by atoms with van der Waals surface area (Å²) >= 11 is 0. The number of hydrogen-bond acceptors (Lipinski definition) is 3. The van der Waals surface area contributed by atoms with Crippen LogP contribution in [0.1, 0.15) is 28.3 Å². The topological polar surface area (TPSA) is 50.8 Å². The first kappa shape index (κ1) is 18.0. The Morgan fingerprint density at radius 1 is 1.35 bits per heavy atom. The molecular formula is C20H23FN2O3. The van der Waals surface area contributed by atoms with Crippen LogP contribution in [-0.4, -0.2) is 31.7 Å². The van der Waals surface area contributed by atoms with Gasteiger partial charge in [-0.05, 0) is 42.7 Å². The molecule has 6 heteroatoms. The van der Waals surface area contributed by atoms with Crippen LogP contribution in [-0.2, 0) is 6.54 Å². The lowest BCUT2D eigenvalue weighted by Crippen LogP contribution is -2.39. The minimum Gasteiger partial charge on any atom is -0.494 e. The number of aryl methyl sites for hydroxylation is 1. The SMILES string of the molecule is COc1ccc(CN(C)C(=O)NC2COc3c2ccc(C)c3C)cc1F. The molecule has 1 atom stereocenters. The van der Waals surface area contributed by atoms with Crippen molar-refractivity contribution >= 4 is 6.03 Å². The maximum atomic E-state index is 13.8. The van der Waals surface area contributed by atoms with Crippen molar-refractivity contribution in [2.75, 3.05) is 20.8 Å². The number of fused-ring (bicyclic) bond motifs is 1. The fourth-order valence-corrected chi connectivity index (χ4v) is 3.07. The molecule has 5 nitrogen and oxygen atoms in total. The molecule has 0 saturated carbocycles. The van der Waals surface area contributed by atoms with Gasteiger partial charge < -0.3 is 19.7 Å². The van der Waals surface area contributed by atoms with Crippen molar-refractivity contribution in [3.63, 3.8) is 0 Å². The summed E-state index contributed by atoms with van der Waals surface area (Å²) in [6.45, 7) is 4.76. The highest BCUT2D eigenvalue weighted by Gasteiger charge is 2.28. The Kier molecular flexibility index (Phi) is 5.02. The molecule has 0 aromatic heterocycles. The Hall–Kier alpha value is -2.76. The molecule has 0 saturated heterocycles. The van der Waals surface area contributed by atoms with Gasteiger partial charge in [0.25, 0.3) is 0 Å². The molecule has 0 radical (unpaired) electrons. The van der Waals surface area contributed by atoms with Crippen molar-refractivity contribution in [1.82, 2.24) is 10.2 Å². The van der Waals surface area contributed by atoms with E-state index in [4.69, 9.17) is 9.47 Å². The maximum Gasteiger partial charge on any atom is 0.318 e. The second kappa shape index (κ2) is 7.23. The average molecular weight is 358 g/mol. The Morgan fingerprint density at radius 3 is 2.81 bits per heavy atom. The second-order valence-corrected chi connectivity index (χ2v) is 6.56. The van der Waals surface area contributed by atoms with E-state index in [2.05, 4.69) is 5.32 Å².